The predicted octanol–water partition coefficient (Wildman–Crippen LogP) is 4.50. The summed E-state index contributed by atoms with van der Waals surface area (Å²) in [4.78, 5) is 23.3. The minimum absolute atomic E-state index is 0.0249. The molecule has 0 aliphatic rings. The number of carbonyl (C=O) groups is 2. The fourth-order valence-electron chi connectivity index (χ4n) is 2.96. The average Bonchev–Trinajstić information content (AvgIpc) is 2.82. The van der Waals surface area contributed by atoms with Crippen LogP contribution >= 0.6 is 15.9 Å². The molecule has 0 spiro atoms. The van der Waals surface area contributed by atoms with Crippen molar-refractivity contribution < 1.29 is 19.4 Å². The van der Waals surface area contributed by atoms with Crippen molar-refractivity contribution in [3.05, 3.63) is 99.0 Å². The summed E-state index contributed by atoms with van der Waals surface area (Å²) < 4.78 is 6.43. The van der Waals surface area contributed by atoms with Gasteiger partial charge in [0.1, 0.15) is 24.0 Å². The molecule has 0 aliphatic carbocycles. The van der Waals surface area contributed by atoms with Gasteiger partial charge < -0.3 is 20.0 Å². The van der Waals surface area contributed by atoms with Gasteiger partial charge in [0.15, 0.2) is 0 Å². The summed E-state index contributed by atoms with van der Waals surface area (Å²) in [6.07, 6.45) is 2.41. The molecule has 0 heterocycles. The van der Waals surface area contributed by atoms with Crippen LogP contribution in [0.3, 0.4) is 0 Å². The number of aromatic carboxylic acids is 1. The van der Waals surface area contributed by atoms with Crippen molar-refractivity contribution in [1.29, 1.82) is 5.26 Å². The molecule has 1 N–H and O–H groups in total. The van der Waals surface area contributed by atoms with Crippen molar-refractivity contribution in [3.63, 3.8) is 0 Å². The number of carboxylic acid groups (broad SMARTS) is 1. The maximum atomic E-state index is 12.5. The van der Waals surface area contributed by atoms with E-state index >= 15 is 0 Å². The standard InChI is InChI=1S/C26H21BrN2O4/c1-2-17-5-10-22(11-6-17)29-25(30)21(15-28)13-19-7-12-24(23(27)14-19)33-16-18-3-8-20(9-4-18)26(31)32/h3-14H,2,16H2,1H3,(H,29,30)(H,31,32)/p-1/b21-13-. The van der Waals surface area contributed by atoms with Gasteiger partial charge in [-0.2, -0.15) is 5.26 Å². The Hall–Kier alpha value is -3.89. The zero-order chi connectivity index (χ0) is 23.8. The van der Waals surface area contributed by atoms with Crippen LogP contribution in [0.4, 0.5) is 5.69 Å². The van der Waals surface area contributed by atoms with E-state index in [-0.39, 0.29) is 17.7 Å². The van der Waals surface area contributed by atoms with Gasteiger partial charge in [-0.1, -0.05) is 49.4 Å². The first-order valence-electron chi connectivity index (χ1n) is 10.1. The number of halogens is 1. The van der Waals surface area contributed by atoms with Gasteiger partial charge >= 0.3 is 0 Å². The zero-order valence-corrected chi connectivity index (χ0v) is 19.4. The van der Waals surface area contributed by atoms with Crippen LogP contribution in [0.1, 0.15) is 34.0 Å². The molecule has 0 fully saturated rings. The molecule has 0 bridgehead atoms. The number of hydrogen-bond donors (Lipinski definition) is 1. The number of nitrogens with one attached hydrogen (secondary N) is 1. The lowest BCUT2D eigenvalue weighted by Crippen LogP contribution is -2.22. The monoisotopic (exact) mass is 503 g/mol. The lowest BCUT2D eigenvalue weighted by molar-refractivity contribution is -0.255. The van der Waals surface area contributed by atoms with E-state index in [0.717, 1.165) is 17.5 Å². The SMILES string of the molecule is CCc1ccc(NC(=O)/C(C#N)=C\c2ccc(OCc3ccc(C(=O)[O-])cc3)c(Br)c2)cc1. The number of amides is 1. The number of anilines is 1. The first-order valence-corrected chi connectivity index (χ1v) is 10.9. The molecule has 0 saturated heterocycles. The Bertz CT molecular complexity index is 1230. The van der Waals surface area contributed by atoms with E-state index in [1.807, 2.05) is 18.2 Å². The van der Waals surface area contributed by atoms with Crippen molar-refractivity contribution in [3.8, 4) is 11.8 Å². The number of nitrogens with zero attached hydrogens (tertiary/aromatic N) is 1. The molecular formula is C26H20BrN2O4-. The minimum atomic E-state index is -1.23. The number of rotatable bonds is 8. The highest BCUT2D eigenvalue weighted by atomic mass is 79.9. The highest BCUT2D eigenvalue weighted by molar-refractivity contribution is 9.10. The maximum absolute atomic E-state index is 12.5. The summed E-state index contributed by atoms with van der Waals surface area (Å²) in [6.45, 7) is 2.29. The lowest BCUT2D eigenvalue weighted by atomic mass is 10.1. The minimum Gasteiger partial charge on any atom is -0.545 e. The van der Waals surface area contributed by atoms with Crippen LogP contribution in [-0.4, -0.2) is 11.9 Å². The van der Waals surface area contributed by atoms with Gasteiger partial charge in [-0.05, 0) is 74.9 Å². The number of hydrogen-bond acceptors (Lipinski definition) is 5. The number of aryl methyl sites for hydroxylation is 1. The second kappa shape index (κ2) is 11.1. The fourth-order valence-corrected chi connectivity index (χ4v) is 3.47. The van der Waals surface area contributed by atoms with Crippen molar-refractivity contribution >= 4 is 39.6 Å². The Labute approximate surface area is 200 Å². The molecule has 3 aromatic rings. The second-order valence-electron chi connectivity index (χ2n) is 7.14. The molecule has 166 valence electrons. The second-order valence-corrected chi connectivity index (χ2v) is 7.99. The molecule has 0 aliphatic heterocycles. The average molecular weight is 504 g/mol. The van der Waals surface area contributed by atoms with Gasteiger partial charge in [0.25, 0.3) is 5.91 Å². The van der Waals surface area contributed by atoms with Crippen LogP contribution in [-0.2, 0) is 17.8 Å². The first-order chi connectivity index (χ1) is 15.9. The Balaban J connectivity index is 1.67. The van der Waals surface area contributed by atoms with Gasteiger partial charge in [0.2, 0.25) is 0 Å². The topological polar surface area (TPSA) is 102 Å². The molecule has 0 radical (unpaired) electrons. The largest absolute Gasteiger partial charge is 0.545 e. The molecule has 6 nitrogen and oxygen atoms in total. The van der Waals surface area contributed by atoms with E-state index in [2.05, 4.69) is 28.2 Å². The van der Waals surface area contributed by atoms with E-state index in [4.69, 9.17) is 4.74 Å². The van der Waals surface area contributed by atoms with Crippen LogP contribution in [0.5, 0.6) is 5.75 Å². The van der Waals surface area contributed by atoms with Crippen molar-refractivity contribution in [2.45, 2.75) is 20.0 Å². The van der Waals surface area contributed by atoms with Crippen LogP contribution in [0.2, 0.25) is 0 Å². The van der Waals surface area contributed by atoms with Crippen LogP contribution in [0.15, 0.2) is 76.8 Å². The number of carboxylic acids is 1. The third-order valence-electron chi connectivity index (χ3n) is 4.84. The fraction of sp³-hybridized carbons (Fsp3) is 0.115. The Morgan fingerprint density at radius 3 is 2.30 bits per heavy atom. The van der Waals surface area contributed by atoms with Gasteiger partial charge in [-0.25, -0.2) is 0 Å². The maximum Gasteiger partial charge on any atom is 0.266 e. The van der Waals surface area contributed by atoms with E-state index < -0.39 is 11.9 Å². The summed E-state index contributed by atoms with van der Waals surface area (Å²) in [7, 11) is 0. The summed E-state index contributed by atoms with van der Waals surface area (Å²) in [5.41, 5.74) is 3.31. The Kier molecular flexibility index (Phi) is 8.01. The molecule has 0 aromatic heterocycles. The van der Waals surface area contributed by atoms with Gasteiger partial charge in [0.05, 0.1) is 10.4 Å². The smallest absolute Gasteiger partial charge is 0.266 e. The van der Waals surface area contributed by atoms with Crippen LogP contribution < -0.4 is 15.2 Å². The van der Waals surface area contributed by atoms with Crippen LogP contribution in [0.25, 0.3) is 6.08 Å². The molecule has 33 heavy (non-hydrogen) atoms. The van der Waals surface area contributed by atoms with Gasteiger partial charge in [-0.15, -0.1) is 0 Å². The zero-order valence-electron chi connectivity index (χ0n) is 17.8. The van der Waals surface area contributed by atoms with Gasteiger partial charge in [-0.3, -0.25) is 4.79 Å². The molecule has 0 saturated carbocycles. The Morgan fingerprint density at radius 2 is 1.73 bits per heavy atom. The number of benzene rings is 3. The highest BCUT2D eigenvalue weighted by Gasteiger charge is 2.11. The molecule has 7 heteroatoms. The number of carbonyl (C=O) groups excluding carboxylic acids is 2. The summed E-state index contributed by atoms with van der Waals surface area (Å²) in [6, 6.07) is 20.9. The van der Waals surface area contributed by atoms with Crippen LogP contribution in [0, 0.1) is 11.3 Å². The normalized spacial score (nSPS) is 10.9. The summed E-state index contributed by atoms with van der Waals surface area (Å²) >= 11 is 3.44. The van der Waals surface area contributed by atoms with E-state index in [1.54, 1.807) is 42.5 Å². The van der Waals surface area contributed by atoms with E-state index in [0.29, 0.717) is 21.5 Å². The van der Waals surface area contributed by atoms with Gasteiger partial charge in [0, 0.05) is 5.69 Å². The predicted molar refractivity (Wildman–Crippen MR) is 127 cm³/mol. The lowest BCUT2D eigenvalue weighted by Gasteiger charge is -2.10. The molecule has 0 unspecified atom stereocenters. The third-order valence-corrected chi connectivity index (χ3v) is 5.46. The highest BCUT2D eigenvalue weighted by Crippen LogP contribution is 2.28. The third kappa shape index (κ3) is 6.55. The quantitative estimate of drug-likeness (QED) is 0.360. The molecule has 1 amide bonds. The van der Waals surface area contributed by atoms with E-state index in [9.17, 15) is 20.0 Å². The number of nitriles is 1. The van der Waals surface area contributed by atoms with Crippen molar-refractivity contribution in [2.24, 2.45) is 0 Å². The summed E-state index contributed by atoms with van der Waals surface area (Å²) in [5.74, 6) is -1.15. The molecular weight excluding hydrogens is 484 g/mol. The summed E-state index contributed by atoms with van der Waals surface area (Å²) in [5, 5.41) is 23.0. The molecule has 0 atom stereocenters. The van der Waals surface area contributed by atoms with Crippen molar-refractivity contribution in [1.82, 2.24) is 0 Å². The number of ether oxygens (including phenoxy) is 1. The van der Waals surface area contributed by atoms with E-state index in [1.165, 1.54) is 18.2 Å². The Morgan fingerprint density at radius 1 is 1.06 bits per heavy atom. The first kappa shape index (κ1) is 23.8. The molecule has 3 aromatic carbocycles. The van der Waals surface area contributed by atoms with Crippen molar-refractivity contribution in [2.75, 3.05) is 5.32 Å². The molecule has 3 rings (SSSR count).